The Morgan fingerprint density at radius 1 is 0.931 bits per heavy atom. The highest BCUT2D eigenvalue weighted by Crippen LogP contribution is 2.30. The molecule has 4 aromatic rings. The fourth-order valence-corrected chi connectivity index (χ4v) is 3.83. The van der Waals surface area contributed by atoms with E-state index in [0.717, 1.165) is 27.8 Å². The van der Waals surface area contributed by atoms with Gasteiger partial charge in [0.15, 0.2) is 5.16 Å². The molecule has 0 fully saturated rings. The summed E-state index contributed by atoms with van der Waals surface area (Å²) in [5.74, 6) is 0.229. The monoisotopic (exact) mass is 399 g/mol. The molecule has 5 heteroatoms. The maximum absolute atomic E-state index is 12.4. The summed E-state index contributed by atoms with van der Waals surface area (Å²) in [7, 11) is 0. The van der Waals surface area contributed by atoms with Crippen LogP contribution in [-0.2, 0) is 4.79 Å². The fourth-order valence-electron chi connectivity index (χ4n) is 3.04. The van der Waals surface area contributed by atoms with Gasteiger partial charge in [0.2, 0.25) is 5.91 Å². The molecule has 0 aliphatic heterocycles. The molecular weight excluding hydrogens is 378 g/mol. The predicted molar refractivity (Wildman–Crippen MR) is 120 cm³/mol. The smallest absolute Gasteiger partial charge is 0.234 e. The molecule has 0 bridgehead atoms. The maximum atomic E-state index is 12.4. The predicted octanol–water partition coefficient (Wildman–Crippen LogP) is 5.58. The number of carbonyl (C=O) groups is 1. The summed E-state index contributed by atoms with van der Waals surface area (Å²) in [6, 6.07) is 28.0. The summed E-state index contributed by atoms with van der Waals surface area (Å²) >= 11 is 1.43. The Morgan fingerprint density at radius 2 is 1.59 bits per heavy atom. The number of carbonyl (C=O) groups excluding carboxylic acids is 1. The number of thioether (sulfide) groups is 1. The van der Waals surface area contributed by atoms with E-state index in [1.54, 1.807) is 0 Å². The Bertz CT molecular complexity index is 1090. The molecule has 1 heterocycles. The number of hydrogen-bond donors (Lipinski definition) is 1. The second kappa shape index (κ2) is 8.80. The van der Waals surface area contributed by atoms with Crippen LogP contribution >= 0.6 is 11.8 Å². The number of imidazole rings is 1. The van der Waals surface area contributed by atoms with Gasteiger partial charge in [-0.15, -0.1) is 0 Å². The van der Waals surface area contributed by atoms with Gasteiger partial charge in [-0.3, -0.25) is 9.36 Å². The van der Waals surface area contributed by atoms with Crippen molar-refractivity contribution in [1.82, 2.24) is 9.55 Å². The summed E-state index contributed by atoms with van der Waals surface area (Å²) in [5, 5.41) is 3.71. The van der Waals surface area contributed by atoms with Crippen LogP contribution in [0.4, 0.5) is 5.69 Å². The van der Waals surface area contributed by atoms with Crippen LogP contribution in [0.3, 0.4) is 0 Å². The molecule has 0 atom stereocenters. The molecule has 4 nitrogen and oxygen atoms in total. The average Bonchev–Trinajstić information content (AvgIpc) is 3.18. The number of aryl methyl sites for hydroxylation is 1. The molecule has 1 aromatic heterocycles. The molecule has 0 saturated carbocycles. The van der Waals surface area contributed by atoms with Gasteiger partial charge in [-0.05, 0) is 31.2 Å². The minimum atomic E-state index is -0.0547. The molecular formula is C24H21N3OS. The summed E-state index contributed by atoms with van der Waals surface area (Å²) in [5.41, 5.74) is 5.11. The lowest BCUT2D eigenvalue weighted by molar-refractivity contribution is -0.113. The van der Waals surface area contributed by atoms with E-state index in [4.69, 9.17) is 0 Å². The van der Waals surface area contributed by atoms with Gasteiger partial charge in [-0.2, -0.15) is 0 Å². The maximum Gasteiger partial charge on any atom is 0.234 e. The summed E-state index contributed by atoms with van der Waals surface area (Å²) in [6.45, 7) is 2.07. The number of amides is 1. The zero-order chi connectivity index (χ0) is 20.1. The van der Waals surface area contributed by atoms with Crippen LogP contribution < -0.4 is 5.32 Å². The van der Waals surface area contributed by atoms with Crippen LogP contribution in [0.5, 0.6) is 0 Å². The summed E-state index contributed by atoms with van der Waals surface area (Å²) < 4.78 is 2.11. The van der Waals surface area contributed by atoms with Crippen LogP contribution in [0.1, 0.15) is 5.56 Å². The van der Waals surface area contributed by atoms with Crippen LogP contribution in [0.2, 0.25) is 0 Å². The van der Waals surface area contributed by atoms with Gasteiger partial charge in [0.25, 0.3) is 0 Å². The van der Waals surface area contributed by atoms with Crippen molar-refractivity contribution in [3.05, 3.63) is 96.7 Å². The molecule has 144 valence electrons. The zero-order valence-corrected chi connectivity index (χ0v) is 16.9. The van der Waals surface area contributed by atoms with Gasteiger partial charge >= 0.3 is 0 Å². The first-order valence-electron chi connectivity index (χ1n) is 9.38. The number of nitrogens with zero attached hydrogens (tertiary/aromatic N) is 2. The molecule has 3 aromatic carbocycles. The average molecular weight is 400 g/mol. The number of anilines is 1. The highest BCUT2D eigenvalue weighted by molar-refractivity contribution is 7.99. The molecule has 0 aliphatic rings. The summed E-state index contributed by atoms with van der Waals surface area (Å²) in [6.07, 6.45) is 1.87. The molecule has 0 unspecified atom stereocenters. The number of rotatable bonds is 6. The largest absolute Gasteiger partial charge is 0.325 e. The van der Waals surface area contributed by atoms with Gasteiger partial charge in [-0.25, -0.2) is 4.98 Å². The highest BCUT2D eigenvalue weighted by Gasteiger charge is 2.15. The van der Waals surface area contributed by atoms with Gasteiger partial charge < -0.3 is 5.32 Å². The van der Waals surface area contributed by atoms with Crippen molar-refractivity contribution < 1.29 is 4.79 Å². The third-order valence-corrected chi connectivity index (χ3v) is 5.43. The number of aromatic nitrogens is 2. The Balaban J connectivity index is 1.60. The summed E-state index contributed by atoms with van der Waals surface area (Å²) in [4.78, 5) is 17.0. The van der Waals surface area contributed by atoms with Gasteiger partial charge in [0.05, 0.1) is 17.6 Å². The van der Waals surface area contributed by atoms with E-state index in [2.05, 4.69) is 58.2 Å². The Hall–Kier alpha value is -3.31. The van der Waals surface area contributed by atoms with Gasteiger partial charge in [-0.1, -0.05) is 78.0 Å². The zero-order valence-electron chi connectivity index (χ0n) is 16.1. The first-order valence-corrected chi connectivity index (χ1v) is 10.4. The fraction of sp³-hybridized carbons (Fsp3) is 0.0833. The molecule has 0 spiro atoms. The lowest BCUT2D eigenvalue weighted by atomic mass is 10.1. The Labute approximate surface area is 174 Å². The van der Waals surface area contributed by atoms with Gasteiger partial charge in [0, 0.05) is 16.9 Å². The van der Waals surface area contributed by atoms with Crippen molar-refractivity contribution in [2.75, 3.05) is 11.1 Å². The van der Waals surface area contributed by atoms with Crippen molar-refractivity contribution in [2.45, 2.75) is 12.1 Å². The van der Waals surface area contributed by atoms with Crippen molar-refractivity contribution in [2.24, 2.45) is 0 Å². The van der Waals surface area contributed by atoms with E-state index >= 15 is 0 Å². The van der Waals surface area contributed by atoms with Crippen LogP contribution in [0.25, 0.3) is 16.9 Å². The molecule has 4 rings (SSSR count). The standard InChI is InChI=1S/C24H21N3OS/c1-18-12-14-21(15-13-18)27-22(19-8-4-2-5-9-19)16-25-24(27)29-17-23(28)26-20-10-6-3-7-11-20/h2-16H,17H2,1H3,(H,26,28). The van der Waals surface area contributed by atoms with E-state index in [1.165, 1.54) is 17.3 Å². The van der Waals surface area contributed by atoms with Crippen molar-refractivity contribution in [3.8, 4) is 16.9 Å². The normalized spacial score (nSPS) is 10.7. The quantitative estimate of drug-likeness (QED) is 0.431. The number of hydrogen-bond acceptors (Lipinski definition) is 3. The third kappa shape index (κ3) is 4.58. The molecule has 29 heavy (non-hydrogen) atoms. The topological polar surface area (TPSA) is 46.9 Å². The first kappa shape index (κ1) is 19.0. The molecule has 1 amide bonds. The van der Waals surface area contributed by atoms with E-state index in [9.17, 15) is 4.79 Å². The molecule has 0 saturated heterocycles. The lowest BCUT2D eigenvalue weighted by Gasteiger charge is -2.12. The van der Waals surface area contributed by atoms with Crippen molar-refractivity contribution in [1.29, 1.82) is 0 Å². The minimum absolute atomic E-state index is 0.0547. The SMILES string of the molecule is Cc1ccc(-n2c(-c3ccccc3)cnc2SCC(=O)Nc2ccccc2)cc1. The van der Waals surface area contributed by atoms with E-state index in [0.29, 0.717) is 0 Å². The van der Waals surface area contributed by atoms with E-state index in [-0.39, 0.29) is 11.7 Å². The second-order valence-corrected chi connectivity index (χ2v) is 7.61. The lowest BCUT2D eigenvalue weighted by Crippen LogP contribution is -2.14. The van der Waals surface area contributed by atoms with Gasteiger partial charge in [0.1, 0.15) is 0 Å². The molecule has 0 aliphatic carbocycles. The second-order valence-electron chi connectivity index (χ2n) is 6.67. The van der Waals surface area contributed by atoms with Crippen molar-refractivity contribution in [3.63, 3.8) is 0 Å². The highest BCUT2D eigenvalue weighted by atomic mass is 32.2. The molecule has 1 N–H and O–H groups in total. The van der Waals surface area contributed by atoms with Crippen LogP contribution in [-0.4, -0.2) is 21.2 Å². The minimum Gasteiger partial charge on any atom is -0.325 e. The number of benzene rings is 3. The van der Waals surface area contributed by atoms with Crippen LogP contribution in [0, 0.1) is 6.92 Å². The van der Waals surface area contributed by atoms with Crippen LogP contribution in [0.15, 0.2) is 96.3 Å². The number of nitrogens with one attached hydrogen (secondary N) is 1. The van der Waals surface area contributed by atoms with E-state index in [1.807, 2.05) is 54.7 Å². The Kier molecular flexibility index (Phi) is 5.77. The molecule has 0 radical (unpaired) electrons. The third-order valence-electron chi connectivity index (χ3n) is 4.48. The van der Waals surface area contributed by atoms with E-state index < -0.39 is 0 Å². The first-order chi connectivity index (χ1) is 14.2. The number of para-hydroxylation sites is 1. The Morgan fingerprint density at radius 3 is 2.28 bits per heavy atom. The van der Waals surface area contributed by atoms with Crippen molar-refractivity contribution >= 4 is 23.4 Å².